The molecule has 5 rings (SSSR count). The summed E-state index contributed by atoms with van der Waals surface area (Å²) in [4.78, 5) is 14.1. The molecule has 0 bridgehead atoms. The fourth-order valence-electron chi connectivity index (χ4n) is 3.43. The predicted molar refractivity (Wildman–Crippen MR) is 132 cm³/mol. The van der Waals surface area contributed by atoms with Crippen LogP contribution in [0.3, 0.4) is 0 Å². The maximum Gasteiger partial charge on any atom is 0.170 e. The normalized spacial score (nSPS) is 11.4. The molecule has 5 nitrogen and oxygen atoms in total. The van der Waals surface area contributed by atoms with Crippen molar-refractivity contribution >= 4 is 56.3 Å². The molecule has 0 aliphatic rings. The van der Waals surface area contributed by atoms with Crippen LogP contribution in [0.4, 0.5) is 0 Å². The van der Waals surface area contributed by atoms with Crippen molar-refractivity contribution in [3.05, 3.63) is 66.4 Å². The number of aromatic nitrogens is 4. The third-order valence-corrected chi connectivity index (χ3v) is 7.79. The van der Waals surface area contributed by atoms with E-state index in [0.29, 0.717) is 6.61 Å². The first-order chi connectivity index (χ1) is 15.2. The summed E-state index contributed by atoms with van der Waals surface area (Å²) in [6.45, 7) is 2.65. The van der Waals surface area contributed by atoms with Gasteiger partial charge in [0.25, 0.3) is 0 Å². The molecule has 0 atom stereocenters. The maximum atomic E-state index is 6.11. The van der Waals surface area contributed by atoms with E-state index in [-0.39, 0.29) is 0 Å². The third-order valence-electron chi connectivity index (χ3n) is 4.91. The summed E-state index contributed by atoms with van der Waals surface area (Å²) < 4.78 is 10.5. The molecule has 0 amide bonds. The molecule has 0 aliphatic heterocycles. The number of para-hydroxylation sites is 3. The Morgan fingerprint density at radius 3 is 2.65 bits per heavy atom. The Morgan fingerprint density at radius 2 is 1.81 bits per heavy atom. The standard InChI is InChI=1S/C23H20N4OS3/c1-15-19(28-13-14-30-23-26-17-8-4-6-10-20(17)31-23)11-12-24-21(15)22-25-16-7-3-5-9-18(16)27(22)29-2/h3-12H,13-14H2,1-2H3. The summed E-state index contributed by atoms with van der Waals surface area (Å²) in [6, 6.07) is 18.3. The van der Waals surface area contributed by atoms with Gasteiger partial charge in [-0.3, -0.25) is 8.96 Å². The Labute approximate surface area is 193 Å². The summed E-state index contributed by atoms with van der Waals surface area (Å²) in [5.41, 5.74) is 4.96. The molecule has 0 unspecified atom stereocenters. The minimum Gasteiger partial charge on any atom is -0.492 e. The van der Waals surface area contributed by atoms with Crippen molar-refractivity contribution in [3.8, 4) is 17.3 Å². The number of thioether (sulfide) groups is 1. The lowest BCUT2D eigenvalue weighted by Crippen LogP contribution is -2.04. The quantitative estimate of drug-likeness (QED) is 0.208. The van der Waals surface area contributed by atoms with Crippen molar-refractivity contribution in [3.63, 3.8) is 0 Å². The fourth-order valence-corrected chi connectivity index (χ4v) is 6.04. The van der Waals surface area contributed by atoms with E-state index in [4.69, 9.17) is 9.72 Å². The zero-order valence-corrected chi connectivity index (χ0v) is 19.6. The van der Waals surface area contributed by atoms with Gasteiger partial charge in [-0.2, -0.15) is 0 Å². The molecule has 0 saturated heterocycles. The molecule has 31 heavy (non-hydrogen) atoms. The van der Waals surface area contributed by atoms with E-state index in [9.17, 15) is 0 Å². The van der Waals surface area contributed by atoms with Crippen LogP contribution in [-0.4, -0.2) is 37.5 Å². The minimum atomic E-state index is 0.601. The van der Waals surface area contributed by atoms with E-state index in [2.05, 4.69) is 32.1 Å². The molecule has 8 heteroatoms. The van der Waals surface area contributed by atoms with Gasteiger partial charge < -0.3 is 4.74 Å². The van der Waals surface area contributed by atoms with Gasteiger partial charge in [-0.05, 0) is 49.2 Å². The Bertz CT molecular complexity index is 1330. The smallest absolute Gasteiger partial charge is 0.170 e. The fraction of sp³-hybridized carbons (Fsp3) is 0.174. The topological polar surface area (TPSA) is 52.8 Å². The molecule has 3 heterocycles. The number of hydrogen-bond acceptors (Lipinski definition) is 7. The number of pyridine rings is 1. The lowest BCUT2D eigenvalue weighted by Gasteiger charge is -2.12. The zero-order chi connectivity index (χ0) is 21.2. The van der Waals surface area contributed by atoms with Crippen molar-refractivity contribution in [2.45, 2.75) is 11.3 Å². The lowest BCUT2D eigenvalue weighted by atomic mass is 10.2. The number of benzene rings is 2. The Balaban J connectivity index is 1.32. The number of nitrogens with zero attached hydrogens (tertiary/aromatic N) is 4. The Kier molecular flexibility index (Phi) is 5.85. The van der Waals surface area contributed by atoms with E-state index >= 15 is 0 Å². The van der Waals surface area contributed by atoms with Gasteiger partial charge in [0.15, 0.2) is 10.2 Å². The van der Waals surface area contributed by atoms with E-state index < -0.39 is 0 Å². The van der Waals surface area contributed by atoms with Crippen molar-refractivity contribution in [1.82, 2.24) is 18.9 Å². The molecule has 0 aliphatic carbocycles. The highest BCUT2D eigenvalue weighted by Gasteiger charge is 2.17. The molecule has 0 fully saturated rings. The van der Waals surface area contributed by atoms with Crippen molar-refractivity contribution in [2.75, 3.05) is 18.6 Å². The van der Waals surface area contributed by atoms with Gasteiger partial charge in [-0.1, -0.05) is 36.0 Å². The highest BCUT2D eigenvalue weighted by atomic mass is 32.2. The van der Waals surface area contributed by atoms with Gasteiger partial charge >= 0.3 is 0 Å². The molecule has 0 spiro atoms. The number of thiazole rings is 1. The van der Waals surface area contributed by atoms with Crippen molar-refractivity contribution < 1.29 is 4.74 Å². The van der Waals surface area contributed by atoms with Gasteiger partial charge in [0.2, 0.25) is 0 Å². The van der Waals surface area contributed by atoms with Crippen molar-refractivity contribution in [1.29, 1.82) is 0 Å². The Morgan fingerprint density at radius 1 is 1.00 bits per heavy atom. The number of hydrogen-bond donors (Lipinski definition) is 0. The molecular weight excluding hydrogens is 444 g/mol. The number of imidazole rings is 1. The molecule has 0 radical (unpaired) electrons. The summed E-state index contributed by atoms with van der Waals surface area (Å²) in [6.07, 6.45) is 3.84. The second-order valence-electron chi connectivity index (χ2n) is 6.83. The molecule has 0 saturated carbocycles. The van der Waals surface area contributed by atoms with Crippen LogP contribution in [0.5, 0.6) is 5.75 Å². The number of fused-ring (bicyclic) bond motifs is 2. The number of rotatable bonds is 7. The van der Waals surface area contributed by atoms with E-state index in [1.807, 2.05) is 49.6 Å². The van der Waals surface area contributed by atoms with Gasteiger partial charge in [-0.15, -0.1) is 11.3 Å². The van der Waals surface area contributed by atoms with Gasteiger partial charge in [0.05, 0.1) is 27.9 Å². The zero-order valence-electron chi connectivity index (χ0n) is 17.1. The average molecular weight is 465 g/mol. The van der Waals surface area contributed by atoms with Crippen LogP contribution in [0.15, 0.2) is 65.1 Å². The van der Waals surface area contributed by atoms with Crippen LogP contribution in [0.1, 0.15) is 5.56 Å². The summed E-state index contributed by atoms with van der Waals surface area (Å²) >= 11 is 5.08. The molecular formula is C23H20N4OS3. The first-order valence-corrected chi connectivity index (χ1v) is 12.8. The second-order valence-corrected chi connectivity index (χ2v) is 9.93. The molecule has 3 aromatic heterocycles. The molecule has 156 valence electrons. The van der Waals surface area contributed by atoms with Gasteiger partial charge in [0, 0.05) is 23.8 Å². The van der Waals surface area contributed by atoms with Crippen LogP contribution < -0.4 is 4.74 Å². The highest BCUT2D eigenvalue weighted by Crippen LogP contribution is 2.33. The Hall–Kier alpha value is -2.55. The van der Waals surface area contributed by atoms with Crippen LogP contribution in [0, 0.1) is 6.92 Å². The van der Waals surface area contributed by atoms with Crippen LogP contribution in [-0.2, 0) is 0 Å². The molecule has 2 aromatic carbocycles. The molecule has 0 N–H and O–H groups in total. The van der Waals surface area contributed by atoms with Crippen LogP contribution in [0.2, 0.25) is 0 Å². The lowest BCUT2D eigenvalue weighted by molar-refractivity contribution is 0.341. The predicted octanol–water partition coefficient (Wildman–Crippen LogP) is 6.31. The third kappa shape index (κ3) is 4.03. The second kappa shape index (κ2) is 8.90. The average Bonchev–Trinajstić information content (AvgIpc) is 3.38. The van der Waals surface area contributed by atoms with Crippen molar-refractivity contribution in [2.24, 2.45) is 0 Å². The number of ether oxygens (including phenoxy) is 1. The highest BCUT2D eigenvalue weighted by molar-refractivity contribution is 8.01. The largest absolute Gasteiger partial charge is 0.492 e. The minimum absolute atomic E-state index is 0.601. The van der Waals surface area contributed by atoms with Gasteiger partial charge in [0.1, 0.15) is 11.4 Å². The maximum absolute atomic E-state index is 6.11. The summed E-state index contributed by atoms with van der Waals surface area (Å²) in [7, 11) is 0. The summed E-state index contributed by atoms with van der Waals surface area (Å²) in [5.74, 6) is 2.52. The first-order valence-electron chi connectivity index (χ1n) is 9.83. The van der Waals surface area contributed by atoms with Crippen LogP contribution in [0.25, 0.3) is 32.8 Å². The van der Waals surface area contributed by atoms with Gasteiger partial charge in [-0.25, -0.2) is 9.97 Å². The molecule has 5 aromatic rings. The van der Waals surface area contributed by atoms with E-state index in [1.54, 1.807) is 41.2 Å². The monoisotopic (exact) mass is 464 g/mol. The van der Waals surface area contributed by atoms with Crippen LogP contribution >= 0.6 is 35.0 Å². The SMILES string of the molecule is CSn1c(-c2nccc(OCCSc3nc4ccccc4s3)c2C)nc2ccccc21. The van der Waals surface area contributed by atoms with E-state index in [1.165, 1.54) is 4.70 Å². The first kappa shape index (κ1) is 20.4. The van der Waals surface area contributed by atoms with E-state index in [0.717, 1.165) is 49.5 Å². The summed E-state index contributed by atoms with van der Waals surface area (Å²) in [5, 5.41) is 0.